The zero-order valence-corrected chi connectivity index (χ0v) is 12.9. The lowest BCUT2D eigenvalue weighted by molar-refractivity contribution is 0.0994. The Hall–Kier alpha value is -2.69. The fourth-order valence-corrected chi connectivity index (χ4v) is 2.82. The normalized spacial score (nSPS) is 14.1. The average molecular weight is 307 g/mol. The van der Waals surface area contributed by atoms with Gasteiger partial charge in [-0.2, -0.15) is 5.10 Å². The molecule has 0 radical (unpaired) electrons. The second-order valence-corrected chi connectivity index (χ2v) is 5.89. The van der Waals surface area contributed by atoms with Crippen molar-refractivity contribution in [2.45, 2.75) is 25.2 Å². The number of rotatable bonds is 5. The molecule has 3 aromatic rings. The van der Waals surface area contributed by atoms with E-state index in [-0.39, 0.29) is 5.78 Å². The van der Waals surface area contributed by atoms with Crippen LogP contribution < -0.4 is 4.74 Å². The Morgan fingerprint density at radius 1 is 1.26 bits per heavy atom. The lowest BCUT2D eigenvalue weighted by Gasteiger charge is -2.07. The van der Waals surface area contributed by atoms with E-state index in [1.54, 1.807) is 30.1 Å². The van der Waals surface area contributed by atoms with Crippen molar-refractivity contribution in [3.63, 3.8) is 0 Å². The zero-order valence-electron chi connectivity index (χ0n) is 12.9. The average Bonchev–Trinajstić information content (AvgIpc) is 3.33. The third kappa shape index (κ3) is 2.59. The monoisotopic (exact) mass is 307 g/mol. The molecule has 23 heavy (non-hydrogen) atoms. The van der Waals surface area contributed by atoms with Gasteiger partial charge in [0, 0.05) is 36.4 Å². The Morgan fingerprint density at radius 2 is 2.04 bits per heavy atom. The highest BCUT2D eigenvalue weighted by Gasteiger charge is 2.27. The first kappa shape index (κ1) is 13.9. The molecule has 0 spiro atoms. The highest BCUT2D eigenvalue weighted by molar-refractivity contribution is 6.03. The van der Waals surface area contributed by atoms with Gasteiger partial charge in [0.1, 0.15) is 0 Å². The summed E-state index contributed by atoms with van der Waals surface area (Å²) >= 11 is 0. The lowest BCUT2D eigenvalue weighted by atomic mass is 10.0. The number of ether oxygens (including phenoxy) is 1. The van der Waals surface area contributed by atoms with Crippen LogP contribution in [0.5, 0.6) is 5.88 Å². The summed E-state index contributed by atoms with van der Waals surface area (Å²) < 4.78 is 7.12. The van der Waals surface area contributed by atoms with Crippen LogP contribution in [0.4, 0.5) is 0 Å². The number of aromatic nitrogens is 3. The molecule has 3 heterocycles. The molecule has 4 rings (SSSR count). The maximum atomic E-state index is 12.7. The fraction of sp³-hybridized carbons (Fsp3) is 0.278. The van der Waals surface area contributed by atoms with Crippen molar-refractivity contribution in [1.29, 1.82) is 0 Å². The van der Waals surface area contributed by atoms with E-state index in [4.69, 9.17) is 4.74 Å². The van der Waals surface area contributed by atoms with E-state index in [0.717, 1.165) is 16.8 Å². The number of pyridine rings is 2. The van der Waals surface area contributed by atoms with Crippen molar-refractivity contribution in [1.82, 2.24) is 14.6 Å². The molecule has 3 aromatic heterocycles. The molecule has 1 saturated carbocycles. The minimum absolute atomic E-state index is 0.0751. The SMILES string of the molecule is COc1ccc(C(=O)Cc2ccncc2)c2cc(C3CC3)nn12. The largest absolute Gasteiger partial charge is 0.481 e. The van der Waals surface area contributed by atoms with Gasteiger partial charge in [0.15, 0.2) is 5.78 Å². The van der Waals surface area contributed by atoms with E-state index in [1.165, 1.54) is 12.8 Å². The van der Waals surface area contributed by atoms with E-state index in [1.807, 2.05) is 24.3 Å². The van der Waals surface area contributed by atoms with Crippen LogP contribution in [0.2, 0.25) is 0 Å². The molecule has 0 aliphatic heterocycles. The first-order chi connectivity index (χ1) is 11.3. The van der Waals surface area contributed by atoms with Gasteiger partial charge in [0.05, 0.1) is 18.3 Å². The minimum Gasteiger partial charge on any atom is -0.481 e. The highest BCUT2D eigenvalue weighted by atomic mass is 16.5. The molecule has 116 valence electrons. The van der Waals surface area contributed by atoms with Gasteiger partial charge in [-0.15, -0.1) is 0 Å². The summed E-state index contributed by atoms with van der Waals surface area (Å²) in [6.07, 6.45) is 6.11. The molecule has 1 fully saturated rings. The van der Waals surface area contributed by atoms with Crippen molar-refractivity contribution in [3.05, 3.63) is 59.5 Å². The summed E-state index contributed by atoms with van der Waals surface area (Å²) in [5.74, 6) is 1.25. The van der Waals surface area contributed by atoms with Gasteiger partial charge in [-0.1, -0.05) is 0 Å². The third-order valence-electron chi connectivity index (χ3n) is 4.22. The summed E-state index contributed by atoms with van der Waals surface area (Å²) in [6, 6.07) is 9.39. The number of nitrogens with zero attached hydrogens (tertiary/aromatic N) is 3. The maximum Gasteiger partial charge on any atom is 0.214 e. The van der Waals surface area contributed by atoms with E-state index < -0.39 is 0 Å². The summed E-state index contributed by atoms with van der Waals surface area (Å²) in [5, 5.41) is 4.63. The molecule has 1 aliphatic rings. The first-order valence-corrected chi connectivity index (χ1v) is 7.75. The Morgan fingerprint density at radius 3 is 2.74 bits per heavy atom. The van der Waals surface area contributed by atoms with Crippen molar-refractivity contribution >= 4 is 11.3 Å². The number of hydrogen-bond donors (Lipinski definition) is 0. The quantitative estimate of drug-likeness (QED) is 0.680. The Balaban J connectivity index is 1.75. The summed E-state index contributed by atoms with van der Waals surface area (Å²) in [5.41, 5.74) is 3.51. The molecule has 5 nitrogen and oxygen atoms in total. The van der Waals surface area contributed by atoms with Gasteiger partial charge in [-0.25, -0.2) is 4.52 Å². The smallest absolute Gasteiger partial charge is 0.214 e. The molecule has 1 aliphatic carbocycles. The second kappa shape index (κ2) is 5.50. The number of methoxy groups -OCH3 is 1. The topological polar surface area (TPSA) is 56.5 Å². The van der Waals surface area contributed by atoms with Crippen molar-refractivity contribution in [2.24, 2.45) is 0 Å². The van der Waals surface area contributed by atoms with Crippen LogP contribution in [-0.2, 0) is 6.42 Å². The first-order valence-electron chi connectivity index (χ1n) is 7.75. The molecule has 0 amide bonds. The van der Waals surface area contributed by atoms with Gasteiger partial charge >= 0.3 is 0 Å². The van der Waals surface area contributed by atoms with Gasteiger partial charge in [-0.05, 0) is 42.7 Å². The van der Waals surface area contributed by atoms with Crippen LogP contribution in [0.3, 0.4) is 0 Å². The predicted molar refractivity (Wildman–Crippen MR) is 86.0 cm³/mol. The molecule has 0 unspecified atom stereocenters. The summed E-state index contributed by atoms with van der Waals surface area (Å²) in [6.45, 7) is 0. The Labute approximate surface area is 133 Å². The van der Waals surface area contributed by atoms with E-state index >= 15 is 0 Å². The zero-order chi connectivity index (χ0) is 15.8. The number of hydrogen-bond acceptors (Lipinski definition) is 4. The Bertz CT molecular complexity index is 867. The van der Waals surface area contributed by atoms with Crippen molar-refractivity contribution in [2.75, 3.05) is 7.11 Å². The molecule has 0 bridgehead atoms. The fourth-order valence-electron chi connectivity index (χ4n) is 2.82. The van der Waals surface area contributed by atoms with Crippen molar-refractivity contribution in [3.8, 4) is 5.88 Å². The second-order valence-electron chi connectivity index (χ2n) is 5.89. The van der Waals surface area contributed by atoms with Gasteiger partial charge < -0.3 is 4.74 Å². The van der Waals surface area contributed by atoms with Crippen LogP contribution in [0.15, 0.2) is 42.7 Å². The maximum absolute atomic E-state index is 12.7. The number of carbonyl (C=O) groups is 1. The van der Waals surface area contributed by atoms with Crippen LogP contribution in [-0.4, -0.2) is 27.5 Å². The number of Topliss-reactive ketones (excluding diaryl/α,β-unsaturated/α-hetero) is 1. The number of carbonyl (C=O) groups excluding carboxylic acids is 1. The van der Waals surface area contributed by atoms with Crippen LogP contribution in [0.25, 0.3) is 5.52 Å². The van der Waals surface area contributed by atoms with Crippen LogP contribution in [0, 0.1) is 0 Å². The predicted octanol–water partition coefficient (Wildman–Crippen LogP) is 3.04. The standard InChI is InChI=1S/C18H17N3O2/c1-23-18-5-4-14(17(22)10-12-6-8-19-9-7-12)16-11-15(13-2-3-13)20-21(16)18/h4-9,11,13H,2-3,10H2,1H3. The third-order valence-corrected chi connectivity index (χ3v) is 4.22. The van der Waals surface area contributed by atoms with E-state index in [9.17, 15) is 4.79 Å². The van der Waals surface area contributed by atoms with Gasteiger partial charge in [-0.3, -0.25) is 9.78 Å². The minimum atomic E-state index is 0.0751. The molecule has 5 heteroatoms. The lowest BCUT2D eigenvalue weighted by Crippen LogP contribution is -2.07. The van der Waals surface area contributed by atoms with Gasteiger partial charge in [0.2, 0.25) is 5.88 Å². The molecule has 0 N–H and O–H groups in total. The highest BCUT2D eigenvalue weighted by Crippen LogP contribution is 2.40. The van der Waals surface area contributed by atoms with Gasteiger partial charge in [0.25, 0.3) is 0 Å². The molecule has 0 aromatic carbocycles. The molecule has 0 atom stereocenters. The van der Waals surface area contributed by atoms with E-state index in [2.05, 4.69) is 10.1 Å². The van der Waals surface area contributed by atoms with E-state index in [0.29, 0.717) is 23.8 Å². The van der Waals surface area contributed by atoms with Crippen LogP contribution in [0.1, 0.15) is 40.4 Å². The number of ketones is 1. The van der Waals surface area contributed by atoms with Crippen molar-refractivity contribution < 1.29 is 9.53 Å². The number of fused-ring (bicyclic) bond motifs is 1. The summed E-state index contributed by atoms with van der Waals surface area (Å²) in [7, 11) is 1.62. The molecular weight excluding hydrogens is 290 g/mol. The molecule has 0 saturated heterocycles. The Kier molecular flexibility index (Phi) is 3.33. The van der Waals surface area contributed by atoms with Crippen LogP contribution >= 0.6 is 0 Å². The summed E-state index contributed by atoms with van der Waals surface area (Å²) in [4.78, 5) is 16.7. The molecular formula is C18H17N3O2.